The topological polar surface area (TPSA) is 70.7 Å². The first kappa shape index (κ1) is 13.2. The lowest BCUT2D eigenvalue weighted by Crippen LogP contribution is -2.10. The fourth-order valence-electron chi connectivity index (χ4n) is 2.44. The zero-order valence-corrected chi connectivity index (χ0v) is 11.5. The third-order valence-corrected chi connectivity index (χ3v) is 3.50. The number of rotatable bonds is 2. The minimum atomic E-state index is -0.435. The first-order valence-electron chi connectivity index (χ1n) is 6.69. The van der Waals surface area contributed by atoms with Crippen LogP contribution < -0.4 is 5.43 Å². The van der Waals surface area contributed by atoms with Gasteiger partial charge in [0, 0.05) is 11.1 Å². The number of aromatic hydroxyl groups is 2. The van der Waals surface area contributed by atoms with Gasteiger partial charge in [-0.05, 0) is 18.6 Å². The van der Waals surface area contributed by atoms with Crippen LogP contribution in [0, 0.1) is 0 Å². The summed E-state index contributed by atoms with van der Waals surface area (Å²) < 4.78 is 5.82. The minimum absolute atomic E-state index is 0.0199. The van der Waals surface area contributed by atoms with Crippen molar-refractivity contribution in [3.8, 4) is 22.8 Å². The molecule has 21 heavy (non-hydrogen) atoms. The fourth-order valence-corrected chi connectivity index (χ4v) is 2.44. The first-order chi connectivity index (χ1) is 10.1. The molecule has 0 aliphatic rings. The lowest BCUT2D eigenvalue weighted by molar-refractivity contribution is 0.407. The molecule has 2 aromatic carbocycles. The smallest absolute Gasteiger partial charge is 0.200 e. The Morgan fingerprint density at radius 3 is 2.43 bits per heavy atom. The molecule has 0 unspecified atom stereocenters. The molecule has 106 valence electrons. The van der Waals surface area contributed by atoms with Crippen LogP contribution in [0.4, 0.5) is 0 Å². The van der Waals surface area contributed by atoms with E-state index in [0.29, 0.717) is 17.7 Å². The summed E-state index contributed by atoms with van der Waals surface area (Å²) in [7, 11) is 0. The van der Waals surface area contributed by atoms with E-state index >= 15 is 0 Å². The lowest BCUT2D eigenvalue weighted by Gasteiger charge is -2.10. The van der Waals surface area contributed by atoms with Gasteiger partial charge in [0.2, 0.25) is 0 Å². The van der Waals surface area contributed by atoms with Crippen LogP contribution in [0.1, 0.15) is 12.5 Å². The van der Waals surface area contributed by atoms with Crippen LogP contribution in [0.15, 0.2) is 51.7 Å². The van der Waals surface area contributed by atoms with Crippen molar-refractivity contribution in [3.05, 3.63) is 58.3 Å². The number of hydrogen-bond acceptors (Lipinski definition) is 4. The largest absolute Gasteiger partial charge is 0.504 e. The van der Waals surface area contributed by atoms with Crippen molar-refractivity contribution in [2.75, 3.05) is 0 Å². The van der Waals surface area contributed by atoms with Gasteiger partial charge in [0.15, 0.2) is 16.9 Å². The molecule has 4 heteroatoms. The van der Waals surface area contributed by atoms with E-state index < -0.39 is 5.75 Å². The molecule has 2 N–H and O–H groups in total. The minimum Gasteiger partial charge on any atom is -0.504 e. The van der Waals surface area contributed by atoms with Crippen LogP contribution in [0.2, 0.25) is 0 Å². The van der Waals surface area contributed by atoms with E-state index in [0.717, 1.165) is 5.56 Å². The molecule has 0 saturated heterocycles. The van der Waals surface area contributed by atoms with Crippen LogP contribution in [-0.2, 0) is 6.42 Å². The van der Waals surface area contributed by atoms with Gasteiger partial charge >= 0.3 is 0 Å². The van der Waals surface area contributed by atoms with Gasteiger partial charge in [-0.3, -0.25) is 4.79 Å². The summed E-state index contributed by atoms with van der Waals surface area (Å²) in [5.41, 5.74) is 1.23. The molecule has 1 heterocycles. The fraction of sp³-hybridized carbons (Fsp3) is 0.118. The van der Waals surface area contributed by atoms with E-state index in [9.17, 15) is 15.0 Å². The van der Waals surface area contributed by atoms with E-state index in [1.165, 1.54) is 12.1 Å². The molecule has 3 rings (SSSR count). The standard InChI is InChI=1S/C17H14O4/c1-2-11-15(19)14-13(9-8-12(18)16(14)20)21-17(11)10-6-4-3-5-7-10/h3-9,18,20H,2H2,1H3. The Kier molecular flexibility index (Phi) is 3.14. The molecule has 0 spiro atoms. The average molecular weight is 282 g/mol. The number of phenolic OH excluding ortho intramolecular Hbond substituents is 2. The van der Waals surface area contributed by atoms with E-state index in [1.54, 1.807) is 0 Å². The van der Waals surface area contributed by atoms with E-state index in [1.807, 2.05) is 37.3 Å². The number of hydrogen-bond donors (Lipinski definition) is 2. The van der Waals surface area contributed by atoms with E-state index in [2.05, 4.69) is 0 Å². The Morgan fingerprint density at radius 2 is 1.76 bits per heavy atom. The maximum absolute atomic E-state index is 12.6. The Balaban J connectivity index is 2.43. The summed E-state index contributed by atoms with van der Waals surface area (Å²) in [4.78, 5) is 12.6. The Morgan fingerprint density at radius 1 is 1.05 bits per heavy atom. The highest BCUT2D eigenvalue weighted by Gasteiger charge is 2.18. The summed E-state index contributed by atoms with van der Waals surface area (Å²) in [6.07, 6.45) is 0.470. The van der Waals surface area contributed by atoms with Gasteiger partial charge in [-0.25, -0.2) is 0 Å². The van der Waals surface area contributed by atoms with Crippen molar-refractivity contribution in [2.45, 2.75) is 13.3 Å². The Bertz CT molecular complexity index is 863. The van der Waals surface area contributed by atoms with E-state index in [4.69, 9.17) is 4.42 Å². The van der Waals surface area contributed by atoms with Crippen LogP contribution in [0.3, 0.4) is 0 Å². The van der Waals surface area contributed by atoms with Gasteiger partial charge in [0.1, 0.15) is 16.7 Å². The third-order valence-electron chi connectivity index (χ3n) is 3.50. The van der Waals surface area contributed by atoms with Crippen LogP contribution in [0.25, 0.3) is 22.3 Å². The lowest BCUT2D eigenvalue weighted by atomic mass is 10.0. The summed E-state index contributed by atoms with van der Waals surface area (Å²) in [5, 5.41) is 19.5. The molecule has 0 aliphatic heterocycles. The molecule has 0 bridgehead atoms. The van der Waals surface area contributed by atoms with Gasteiger partial charge in [-0.1, -0.05) is 37.3 Å². The van der Waals surface area contributed by atoms with Crippen molar-refractivity contribution in [3.63, 3.8) is 0 Å². The summed E-state index contributed by atoms with van der Waals surface area (Å²) in [6.45, 7) is 1.85. The highest BCUT2D eigenvalue weighted by molar-refractivity contribution is 5.88. The van der Waals surface area contributed by atoms with Crippen molar-refractivity contribution in [1.82, 2.24) is 0 Å². The monoisotopic (exact) mass is 282 g/mol. The van der Waals surface area contributed by atoms with Gasteiger partial charge in [0.25, 0.3) is 0 Å². The van der Waals surface area contributed by atoms with E-state index in [-0.39, 0.29) is 22.1 Å². The third kappa shape index (κ3) is 2.05. The number of benzene rings is 2. The van der Waals surface area contributed by atoms with Crippen LogP contribution in [-0.4, -0.2) is 10.2 Å². The second-order valence-electron chi connectivity index (χ2n) is 4.76. The molecule has 4 nitrogen and oxygen atoms in total. The maximum atomic E-state index is 12.6. The number of fused-ring (bicyclic) bond motifs is 1. The second kappa shape index (κ2) is 4.98. The molecular weight excluding hydrogens is 268 g/mol. The van der Waals surface area contributed by atoms with Gasteiger partial charge in [-0.15, -0.1) is 0 Å². The zero-order chi connectivity index (χ0) is 15.0. The zero-order valence-electron chi connectivity index (χ0n) is 11.5. The molecule has 0 fully saturated rings. The van der Waals surface area contributed by atoms with Crippen molar-refractivity contribution < 1.29 is 14.6 Å². The van der Waals surface area contributed by atoms with Crippen molar-refractivity contribution in [1.29, 1.82) is 0 Å². The Hall–Kier alpha value is -2.75. The van der Waals surface area contributed by atoms with Crippen molar-refractivity contribution in [2.24, 2.45) is 0 Å². The summed E-state index contributed by atoms with van der Waals surface area (Å²) >= 11 is 0. The predicted molar refractivity (Wildman–Crippen MR) is 80.6 cm³/mol. The molecule has 0 radical (unpaired) electrons. The van der Waals surface area contributed by atoms with Crippen LogP contribution >= 0.6 is 0 Å². The van der Waals surface area contributed by atoms with Crippen molar-refractivity contribution >= 4 is 11.0 Å². The first-order valence-corrected chi connectivity index (χ1v) is 6.69. The SMILES string of the molecule is CCc1c(-c2ccccc2)oc2ccc(O)c(O)c2c1=O. The van der Waals surface area contributed by atoms with Gasteiger partial charge in [0.05, 0.1) is 0 Å². The molecular formula is C17H14O4. The predicted octanol–water partition coefficient (Wildman–Crippen LogP) is 3.43. The molecule has 3 aromatic rings. The van der Waals surface area contributed by atoms with Gasteiger partial charge in [-0.2, -0.15) is 0 Å². The Labute approximate surface area is 120 Å². The average Bonchev–Trinajstić information content (AvgIpc) is 2.51. The summed E-state index contributed by atoms with van der Waals surface area (Å²) in [5.74, 6) is -0.263. The highest BCUT2D eigenvalue weighted by atomic mass is 16.3. The highest BCUT2D eigenvalue weighted by Crippen LogP contribution is 2.34. The maximum Gasteiger partial charge on any atom is 0.200 e. The van der Waals surface area contributed by atoms with Crippen LogP contribution in [0.5, 0.6) is 11.5 Å². The molecule has 0 amide bonds. The normalized spacial score (nSPS) is 10.9. The molecule has 0 atom stereocenters. The van der Waals surface area contributed by atoms with Gasteiger partial charge < -0.3 is 14.6 Å². The molecule has 0 aliphatic carbocycles. The molecule has 1 aromatic heterocycles. The quantitative estimate of drug-likeness (QED) is 0.706. The summed E-state index contributed by atoms with van der Waals surface area (Å²) in [6, 6.07) is 12.1. The molecule has 0 saturated carbocycles. The number of phenols is 2. The second-order valence-corrected chi connectivity index (χ2v) is 4.76.